The second-order valence-corrected chi connectivity index (χ2v) is 3.91. The van der Waals surface area contributed by atoms with Gasteiger partial charge in [0.05, 0.1) is 0 Å². The summed E-state index contributed by atoms with van der Waals surface area (Å²) in [5.41, 5.74) is 0. The summed E-state index contributed by atoms with van der Waals surface area (Å²) in [5, 5.41) is 22.6. The number of carbonyl (C=O) groups is 2. The van der Waals surface area contributed by atoms with Gasteiger partial charge in [-0.1, -0.05) is 6.07 Å². The number of thiophene rings is 1. The Balaban J connectivity index is 0. The van der Waals surface area contributed by atoms with E-state index in [4.69, 9.17) is 0 Å². The van der Waals surface area contributed by atoms with Gasteiger partial charge in [0.2, 0.25) is 0 Å². The van der Waals surface area contributed by atoms with E-state index < -0.39 is 24.3 Å². The molecule has 0 radical (unpaired) electrons. The van der Waals surface area contributed by atoms with Gasteiger partial charge in [-0.25, -0.2) is 0 Å². The first kappa shape index (κ1) is 19.0. The summed E-state index contributed by atoms with van der Waals surface area (Å²) in [6.45, 7) is 0. The Morgan fingerprint density at radius 3 is 2.31 bits per heavy atom. The summed E-state index contributed by atoms with van der Waals surface area (Å²) >= 11 is 1.39. The quantitative estimate of drug-likeness (QED) is 0.491. The molecule has 1 atom stereocenters. The maximum absolute atomic E-state index is 10.6. The van der Waals surface area contributed by atoms with Crippen LogP contribution in [0.1, 0.15) is 11.3 Å². The zero-order chi connectivity index (χ0) is 10.6. The Morgan fingerprint density at radius 2 is 1.94 bits per heavy atom. The van der Waals surface area contributed by atoms with Gasteiger partial charge in [-0.2, -0.15) is 0 Å². The predicted molar refractivity (Wildman–Crippen MR) is 46.1 cm³/mol. The summed E-state index contributed by atoms with van der Waals surface area (Å²) in [4.78, 5) is 21.6. The van der Waals surface area contributed by atoms with E-state index in [-0.39, 0.29) is 65.5 Å². The average molecular weight is 258 g/mol. The molecule has 0 aromatic carbocycles. The van der Waals surface area contributed by atoms with E-state index >= 15 is 0 Å². The Labute approximate surface area is 142 Å². The predicted octanol–water partition coefficient (Wildman–Crippen LogP) is -7.20. The third kappa shape index (κ3) is 7.06. The van der Waals surface area contributed by atoms with Crippen LogP contribution in [-0.4, -0.2) is 11.9 Å². The minimum atomic E-state index is -1.37. The van der Waals surface area contributed by atoms with Crippen LogP contribution in [0.3, 0.4) is 0 Å². The van der Waals surface area contributed by atoms with E-state index in [0.717, 1.165) is 4.88 Å². The van der Waals surface area contributed by atoms with Gasteiger partial charge in [-0.15, -0.1) is 11.3 Å². The van der Waals surface area contributed by atoms with Crippen LogP contribution in [0.2, 0.25) is 0 Å². The van der Waals surface area contributed by atoms with Crippen molar-refractivity contribution in [2.45, 2.75) is 12.8 Å². The van der Waals surface area contributed by atoms with Crippen LogP contribution >= 0.6 is 11.3 Å². The number of carboxylic acid groups (broad SMARTS) is 2. The number of hydrogen-bond donors (Lipinski definition) is 0. The number of rotatable bonds is 5. The van der Waals surface area contributed by atoms with Crippen LogP contribution in [-0.2, 0) is 16.0 Å². The van der Waals surface area contributed by atoms with E-state index in [2.05, 4.69) is 0 Å². The summed E-state index contributed by atoms with van der Waals surface area (Å²) < 4.78 is 0. The van der Waals surface area contributed by atoms with Gasteiger partial charge in [0.1, 0.15) is 0 Å². The van der Waals surface area contributed by atoms with Crippen molar-refractivity contribution < 1.29 is 78.9 Å². The topological polar surface area (TPSA) is 80.3 Å². The molecule has 0 aliphatic heterocycles. The maximum Gasteiger partial charge on any atom is 1.00 e. The van der Waals surface area contributed by atoms with Crippen LogP contribution < -0.4 is 69.3 Å². The molecule has 0 aliphatic carbocycles. The van der Waals surface area contributed by atoms with Gasteiger partial charge in [0.15, 0.2) is 0 Å². The molecule has 1 heterocycles. The third-order valence-corrected chi connectivity index (χ3v) is 2.67. The van der Waals surface area contributed by atoms with Crippen molar-refractivity contribution in [2.75, 3.05) is 0 Å². The molecule has 0 fully saturated rings. The standard InChI is InChI=1S/C9H10O4S.2Na/c10-8(11)5-6(9(12)13)4-7-2-1-3-14-7;;/h1-3,6H,4-5H2,(H,10,11)(H,12,13);;/q;2*+1/p-2/t6-;;/m1../s1. The summed E-state index contributed by atoms with van der Waals surface area (Å²) in [5.74, 6) is -3.71. The molecular weight excluding hydrogens is 250 g/mol. The molecule has 0 N–H and O–H groups in total. The smallest absolute Gasteiger partial charge is 0.550 e. The largest absolute Gasteiger partial charge is 1.00 e. The van der Waals surface area contributed by atoms with Crippen molar-refractivity contribution in [3.63, 3.8) is 0 Å². The second kappa shape index (κ2) is 9.65. The van der Waals surface area contributed by atoms with E-state index in [1.807, 2.05) is 0 Å². The van der Waals surface area contributed by atoms with Crippen molar-refractivity contribution in [2.24, 2.45) is 5.92 Å². The van der Waals surface area contributed by atoms with Crippen molar-refractivity contribution in [1.82, 2.24) is 0 Å². The summed E-state index contributed by atoms with van der Waals surface area (Å²) in [6, 6.07) is 3.54. The molecule has 16 heavy (non-hydrogen) atoms. The Morgan fingerprint density at radius 1 is 1.31 bits per heavy atom. The first-order chi connectivity index (χ1) is 6.59. The molecule has 0 unspecified atom stereocenters. The Kier molecular flexibility index (Phi) is 11.5. The van der Waals surface area contributed by atoms with Crippen molar-refractivity contribution >= 4 is 23.3 Å². The van der Waals surface area contributed by atoms with Crippen LogP contribution in [0.5, 0.6) is 0 Å². The average Bonchev–Trinajstić information content (AvgIpc) is 2.54. The Hall–Kier alpha value is 0.640. The monoisotopic (exact) mass is 258 g/mol. The number of carbonyl (C=O) groups excluding carboxylic acids is 2. The zero-order valence-electron chi connectivity index (χ0n) is 9.26. The van der Waals surface area contributed by atoms with Crippen molar-refractivity contribution in [3.8, 4) is 0 Å². The first-order valence-electron chi connectivity index (χ1n) is 4.02. The first-order valence-corrected chi connectivity index (χ1v) is 4.90. The fourth-order valence-electron chi connectivity index (χ4n) is 1.11. The van der Waals surface area contributed by atoms with E-state index in [0.29, 0.717) is 0 Å². The molecule has 0 bridgehead atoms. The fraction of sp³-hybridized carbons (Fsp3) is 0.333. The summed E-state index contributed by atoms with van der Waals surface area (Å²) in [7, 11) is 0. The molecule has 0 saturated carbocycles. The van der Waals surface area contributed by atoms with E-state index in [1.54, 1.807) is 17.5 Å². The van der Waals surface area contributed by atoms with Crippen LogP contribution in [0.15, 0.2) is 17.5 Å². The zero-order valence-corrected chi connectivity index (χ0v) is 14.1. The molecule has 1 aromatic rings. The van der Waals surface area contributed by atoms with Gasteiger partial charge in [-0.05, 0) is 24.3 Å². The van der Waals surface area contributed by atoms with E-state index in [9.17, 15) is 19.8 Å². The minimum absolute atomic E-state index is 0. The number of carboxylic acids is 2. The molecule has 1 rings (SSSR count). The third-order valence-electron chi connectivity index (χ3n) is 1.77. The van der Waals surface area contributed by atoms with Gasteiger partial charge < -0.3 is 19.8 Å². The molecule has 0 spiro atoms. The molecule has 0 amide bonds. The molecular formula is C9H8Na2O4S. The number of hydrogen-bond acceptors (Lipinski definition) is 5. The fourth-order valence-corrected chi connectivity index (χ4v) is 1.90. The molecule has 1 aromatic heterocycles. The summed E-state index contributed by atoms with van der Waals surface area (Å²) in [6.07, 6.45) is -0.311. The van der Waals surface area contributed by atoms with Gasteiger partial charge >= 0.3 is 59.1 Å². The molecule has 0 aliphatic rings. The molecule has 4 nitrogen and oxygen atoms in total. The van der Waals surface area contributed by atoms with Crippen molar-refractivity contribution in [3.05, 3.63) is 22.4 Å². The molecule has 0 saturated heterocycles. The minimum Gasteiger partial charge on any atom is -0.550 e. The second-order valence-electron chi connectivity index (χ2n) is 2.88. The SMILES string of the molecule is O=C([O-])C[C@@H](Cc1cccs1)C(=O)[O-].[Na+].[Na+]. The van der Waals surface area contributed by atoms with Crippen molar-refractivity contribution in [1.29, 1.82) is 0 Å². The molecule has 76 valence electrons. The van der Waals surface area contributed by atoms with Crippen LogP contribution in [0.25, 0.3) is 0 Å². The van der Waals surface area contributed by atoms with Crippen LogP contribution in [0.4, 0.5) is 0 Å². The van der Waals surface area contributed by atoms with Gasteiger partial charge in [0.25, 0.3) is 0 Å². The van der Waals surface area contributed by atoms with Gasteiger partial charge in [0, 0.05) is 22.7 Å². The van der Waals surface area contributed by atoms with E-state index in [1.165, 1.54) is 11.3 Å². The van der Waals surface area contributed by atoms with Crippen LogP contribution in [0, 0.1) is 5.92 Å². The Bertz CT molecular complexity index is 326. The maximum atomic E-state index is 10.6. The number of aliphatic carboxylic acids is 2. The van der Waals surface area contributed by atoms with Gasteiger partial charge in [-0.3, -0.25) is 0 Å². The normalized spacial score (nSPS) is 10.8. The molecule has 7 heteroatoms.